The average molecular weight is 258 g/mol. The second-order valence-corrected chi connectivity index (χ2v) is 6.27. The van der Waals surface area contributed by atoms with Crippen molar-refractivity contribution in [3.05, 3.63) is 41.6 Å². The Morgan fingerprint density at radius 2 is 2.17 bits per heavy atom. The van der Waals surface area contributed by atoms with Crippen molar-refractivity contribution in [1.29, 1.82) is 0 Å². The highest BCUT2D eigenvalue weighted by Gasteiger charge is 2.19. The Balaban J connectivity index is 1.91. The summed E-state index contributed by atoms with van der Waals surface area (Å²) in [6, 6.07) is 10.8. The van der Waals surface area contributed by atoms with E-state index in [0.717, 1.165) is 23.7 Å². The number of aromatic nitrogens is 1. The zero-order chi connectivity index (χ0) is 12.5. The lowest BCUT2D eigenvalue weighted by atomic mass is 10.1. The van der Waals surface area contributed by atoms with E-state index in [9.17, 15) is 0 Å². The van der Waals surface area contributed by atoms with Gasteiger partial charge in [0, 0.05) is 11.1 Å². The molecule has 2 nitrogen and oxygen atoms in total. The Hall–Kier alpha value is -1.06. The number of pyridine rings is 1. The van der Waals surface area contributed by atoms with Crippen molar-refractivity contribution in [2.45, 2.75) is 19.2 Å². The van der Waals surface area contributed by atoms with Crippen LogP contribution in [0.5, 0.6) is 0 Å². The van der Waals surface area contributed by atoms with Crippen LogP contribution in [0, 0.1) is 12.8 Å². The van der Waals surface area contributed by atoms with Gasteiger partial charge in [0.2, 0.25) is 0 Å². The van der Waals surface area contributed by atoms with Crippen molar-refractivity contribution in [2.75, 3.05) is 12.3 Å². The number of rotatable bonds is 1. The number of aryl methyl sites for hydroxylation is 1. The monoisotopic (exact) mass is 258 g/mol. The lowest BCUT2D eigenvalue weighted by molar-refractivity contribution is 0.530. The minimum atomic E-state index is 0.437. The Kier molecular flexibility index (Phi) is 3.27. The van der Waals surface area contributed by atoms with E-state index in [1.54, 1.807) is 0 Å². The van der Waals surface area contributed by atoms with Gasteiger partial charge < -0.3 is 5.32 Å². The molecule has 1 aromatic heterocycles. The van der Waals surface area contributed by atoms with Gasteiger partial charge in [0.05, 0.1) is 10.9 Å². The summed E-state index contributed by atoms with van der Waals surface area (Å²) in [6.45, 7) is 5.44. The fourth-order valence-corrected chi connectivity index (χ4v) is 3.50. The lowest BCUT2D eigenvalue weighted by Crippen LogP contribution is -2.31. The summed E-state index contributed by atoms with van der Waals surface area (Å²) in [5.41, 5.74) is 3.53. The summed E-state index contributed by atoms with van der Waals surface area (Å²) in [5, 5.41) is 5.28. The predicted molar refractivity (Wildman–Crippen MR) is 78.8 cm³/mol. The third-order valence-corrected chi connectivity index (χ3v) is 4.89. The maximum absolute atomic E-state index is 4.55. The summed E-state index contributed by atoms with van der Waals surface area (Å²) in [4.78, 5) is 4.55. The first-order chi connectivity index (χ1) is 8.72. The molecule has 0 amide bonds. The largest absolute Gasteiger partial charge is 0.301 e. The zero-order valence-electron chi connectivity index (χ0n) is 10.8. The van der Waals surface area contributed by atoms with Gasteiger partial charge in [0.1, 0.15) is 0 Å². The van der Waals surface area contributed by atoms with Crippen LogP contribution in [0.4, 0.5) is 0 Å². The van der Waals surface area contributed by atoms with E-state index >= 15 is 0 Å². The number of fused-ring (bicyclic) bond motifs is 1. The van der Waals surface area contributed by atoms with Crippen LogP contribution in [0.15, 0.2) is 30.3 Å². The molecule has 1 aliphatic rings. The highest BCUT2D eigenvalue weighted by atomic mass is 32.2. The normalized spacial score (nSPS) is 24.3. The number of nitrogens with zero attached hydrogens (tertiary/aromatic N) is 1. The van der Waals surface area contributed by atoms with E-state index < -0.39 is 0 Å². The summed E-state index contributed by atoms with van der Waals surface area (Å²) in [6.07, 6.45) is 0. The molecule has 0 aliphatic carbocycles. The van der Waals surface area contributed by atoms with Crippen LogP contribution < -0.4 is 5.32 Å². The van der Waals surface area contributed by atoms with Crippen LogP contribution in [0.25, 0.3) is 10.9 Å². The van der Waals surface area contributed by atoms with E-state index in [0.29, 0.717) is 5.37 Å². The SMILES string of the molecule is Cc1ccc2cc(C3NCC(C)CS3)ccc2n1. The standard InChI is InChI=1S/C15H18N2S/c1-10-8-16-15(18-9-10)13-5-6-14-12(7-13)4-3-11(2)17-14/h3-7,10,15-16H,8-9H2,1-2H3. The topological polar surface area (TPSA) is 24.9 Å². The fourth-order valence-electron chi connectivity index (χ4n) is 2.31. The van der Waals surface area contributed by atoms with E-state index in [-0.39, 0.29) is 0 Å². The summed E-state index contributed by atoms with van der Waals surface area (Å²) < 4.78 is 0. The molecule has 1 N–H and O–H groups in total. The lowest BCUT2D eigenvalue weighted by Gasteiger charge is -2.27. The van der Waals surface area contributed by atoms with Gasteiger partial charge in [-0.2, -0.15) is 0 Å². The summed E-state index contributed by atoms with van der Waals surface area (Å²) in [5.74, 6) is 2.01. The maximum Gasteiger partial charge on any atom is 0.0789 e. The van der Waals surface area contributed by atoms with E-state index in [2.05, 4.69) is 47.6 Å². The average Bonchev–Trinajstić information content (AvgIpc) is 2.39. The third-order valence-electron chi connectivity index (χ3n) is 3.35. The molecular formula is C15H18N2S. The Morgan fingerprint density at radius 1 is 1.28 bits per heavy atom. The van der Waals surface area contributed by atoms with Crippen molar-refractivity contribution in [3.8, 4) is 0 Å². The molecule has 1 aromatic carbocycles. The molecule has 0 radical (unpaired) electrons. The Labute approximate surface area is 112 Å². The fraction of sp³-hybridized carbons (Fsp3) is 0.400. The molecule has 2 unspecified atom stereocenters. The molecule has 2 aromatic rings. The molecule has 18 heavy (non-hydrogen) atoms. The molecule has 1 fully saturated rings. The van der Waals surface area contributed by atoms with Gasteiger partial charge in [-0.15, -0.1) is 11.8 Å². The number of nitrogens with one attached hydrogen (secondary N) is 1. The smallest absolute Gasteiger partial charge is 0.0789 e. The predicted octanol–water partition coefficient (Wildman–Crippen LogP) is 3.51. The first-order valence-corrected chi connectivity index (χ1v) is 7.49. The van der Waals surface area contributed by atoms with Crippen LogP contribution in [0.3, 0.4) is 0 Å². The molecule has 1 aliphatic heterocycles. The Morgan fingerprint density at radius 3 is 2.94 bits per heavy atom. The van der Waals surface area contributed by atoms with Gasteiger partial charge in [0.15, 0.2) is 0 Å². The van der Waals surface area contributed by atoms with Crippen molar-refractivity contribution < 1.29 is 0 Å². The molecular weight excluding hydrogens is 240 g/mol. The van der Waals surface area contributed by atoms with Crippen LogP contribution in [0.2, 0.25) is 0 Å². The van der Waals surface area contributed by atoms with Gasteiger partial charge in [-0.05, 0) is 48.9 Å². The number of benzene rings is 1. The number of hydrogen-bond donors (Lipinski definition) is 1. The second kappa shape index (κ2) is 4.90. The maximum atomic E-state index is 4.55. The van der Waals surface area contributed by atoms with Crippen molar-refractivity contribution in [2.24, 2.45) is 5.92 Å². The quantitative estimate of drug-likeness (QED) is 0.847. The van der Waals surface area contributed by atoms with Crippen LogP contribution in [-0.2, 0) is 0 Å². The van der Waals surface area contributed by atoms with Crippen LogP contribution >= 0.6 is 11.8 Å². The molecule has 0 saturated carbocycles. The van der Waals surface area contributed by atoms with Crippen molar-refractivity contribution in [1.82, 2.24) is 10.3 Å². The van der Waals surface area contributed by atoms with E-state index in [1.807, 2.05) is 18.7 Å². The van der Waals surface area contributed by atoms with Gasteiger partial charge >= 0.3 is 0 Å². The second-order valence-electron chi connectivity index (χ2n) is 5.13. The minimum absolute atomic E-state index is 0.437. The first-order valence-electron chi connectivity index (χ1n) is 6.45. The Bertz CT molecular complexity index is 559. The van der Waals surface area contributed by atoms with Crippen LogP contribution in [-0.4, -0.2) is 17.3 Å². The molecule has 3 heteroatoms. The molecule has 2 heterocycles. The van der Waals surface area contributed by atoms with Gasteiger partial charge in [-0.25, -0.2) is 0 Å². The molecule has 1 saturated heterocycles. The highest BCUT2D eigenvalue weighted by Crippen LogP contribution is 2.32. The van der Waals surface area contributed by atoms with Crippen molar-refractivity contribution in [3.63, 3.8) is 0 Å². The van der Waals surface area contributed by atoms with Gasteiger partial charge in [-0.3, -0.25) is 4.98 Å². The molecule has 0 bridgehead atoms. The highest BCUT2D eigenvalue weighted by molar-refractivity contribution is 7.99. The first kappa shape index (κ1) is 12.0. The third kappa shape index (κ3) is 2.38. The summed E-state index contributed by atoms with van der Waals surface area (Å²) >= 11 is 2.00. The van der Waals surface area contributed by atoms with E-state index in [1.165, 1.54) is 16.7 Å². The number of hydrogen-bond acceptors (Lipinski definition) is 3. The molecule has 2 atom stereocenters. The van der Waals surface area contributed by atoms with E-state index in [4.69, 9.17) is 0 Å². The van der Waals surface area contributed by atoms with Crippen molar-refractivity contribution >= 4 is 22.7 Å². The van der Waals surface area contributed by atoms with Crippen LogP contribution in [0.1, 0.15) is 23.6 Å². The summed E-state index contributed by atoms with van der Waals surface area (Å²) in [7, 11) is 0. The number of thioether (sulfide) groups is 1. The molecule has 0 spiro atoms. The molecule has 3 rings (SSSR count). The zero-order valence-corrected chi connectivity index (χ0v) is 11.6. The van der Waals surface area contributed by atoms with Gasteiger partial charge in [-0.1, -0.05) is 19.1 Å². The molecule has 94 valence electrons. The minimum Gasteiger partial charge on any atom is -0.301 e. The van der Waals surface area contributed by atoms with Gasteiger partial charge in [0.25, 0.3) is 0 Å².